The second-order valence-corrected chi connectivity index (χ2v) is 10.7. The fraction of sp³-hybridized carbons (Fsp3) is 0.545. The van der Waals surface area contributed by atoms with Gasteiger partial charge in [-0.05, 0) is 38.3 Å². The number of nitrogens with one attached hydrogen (secondary N) is 1. The number of aliphatic hydroxyl groups excluding tert-OH is 1. The lowest BCUT2D eigenvalue weighted by molar-refractivity contribution is 0.265. The number of hydrogen-bond acceptors (Lipinski definition) is 7. The maximum atomic E-state index is 12.6. The smallest absolute Gasteiger partial charge is 0.227 e. The van der Waals surface area contributed by atoms with Crippen LogP contribution in [0.4, 0.5) is 17.5 Å². The first-order valence-corrected chi connectivity index (χ1v) is 12.2. The van der Waals surface area contributed by atoms with E-state index in [1.807, 2.05) is 0 Å². The first-order chi connectivity index (χ1) is 14.5. The molecule has 2 aromatic rings. The van der Waals surface area contributed by atoms with Crippen LogP contribution in [0, 0.1) is 6.92 Å². The molecule has 0 spiro atoms. The van der Waals surface area contributed by atoms with Crippen LogP contribution in [0.15, 0.2) is 29.2 Å². The molecule has 7 nitrogen and oxygen atoms in total. The van der Waals surface area contributed by atoms with E-state index >= 15 is 0 Å². The maximum Gasteiger partial charge on any atom is 0.227 e. The lowest BCUT2D eigenvalue weighted by Crippen LogP contribution is -2.47. The van der Waals surface area contributed by atoms with Crippen LogP contribution in [0.3, 0.4) is 0 Å². The molecule has 3 atom stereocenters. The van der Waals surface area contributed by atoms with Gasteiger partial charge in [-0.2, -0.15) is 4.98 Å². The number of nitrogens with zero attached hydrogens (tertiary/aromatic N) is 4. The van der Waals surface area contributed by atoms with Gasteiger partial charge in [-0.3, -0.25) is 4.21 Å². The highest BCUT2D eigenvalue weighted by molar-refractivity contribution is 7.85. The Morgan fingerprint density at radius 1 is 1.17 bits per heavy atom. The molecule has 0 radical (unpaired) electrons. The Hall–Kier alpha value is -2.19. The minimum atomic E-state index is -1.06. The summed E-state index contributed by atoms with van der Waals surface area (Å²) in [6.07, 6.45) is 3.69. The summed E-state index contributed by atoms with van der Waals surface area (Å²) in [4.78, 5) is 15.3. The topological polar surface area (TPSA) is 81.6 Å². The molecule has 2 bridgehead atoms. The summed E-state index contributed by atoms with van der Waals surface area (Å²) in [5.41, 5.74) is 3.19. The van der Waals surface area contributed by atoms with Crippen LogP contribution in [-0.4, -0.2) is 62.4 Å². The van der Waals surface area contributed by atoms with Gasteiger partial charge in [0.25, 0.3) is 0 Å². The molecular formula is C22H27N5O2S. The third-order valence-corrected chi connectivity index (χ3v) is 8.54. The maximum absolute atomic E-state index is 12.6. The summed E-state index contributed by atoms with van der Waals surface area (Å²) in [7, 11) is -1.06. The molecule has 1 aromatic carbocycles. The number of fused-ring (bicyclic) bond motifs is 3. The Bertz CT molecular complexity index is 1020. The van der Waals surface area contributed by atoms with Gasteiger partial charge in [0, 0.05) is 37.0 Å². The van der Waals surface area contributed by atoms with Crippen molar-refractivity contribution in [2.45, 2.75) is 55.1 Å². The number of aliphatic hydroxyl groups is 1. The molecule has 158 valence electrons. The average molecular weight is 426 g/mol. The van der Waals surface area contributed by atoms with Crippen molar-refractivity contribution < 1.29 is 9.32 Å². The Morgan fingerprint density at radius 3 is 2.57 bits per heavy atom. The molecule has 30 heavy (non-hydrogen) atoms. The van der Waals surface area contributed by atoms with Crippen LogP contribution in [0.5, 0.6) is 0 Å². The van der Waals surface area contributed by atoms with Crippen molar-refractivity contribution in [3.8, 4) is 0 Å². The Labute approximate surface area is 179 Å². The van der Waals surface area contributed by atoms with Gasteiger partial charge in [0.15, 0.2) is 0 Å². The van der Waals surface area contributed by atoms with E-state index in [0.29, 0.717) is 23.7 Å². The van der Waals surface area contributed by atoms with E-state index in [-0.39, 0.29) is 12.1 Å². The van der Waals surface area contributed by atoms with Crippen molar-refractivity contribution in [1.82, 2.24) is 9.97 Å². The quantitative estimate of drug-likeness (QED) is 0.757. The highest BCUT2D eigenvalue weighted by Gasteiger charge is 2.46. The number of rotatable bonds is 5. The Morgan fingerprint density at radius 2 is 1.90 bits per heavy atom. The van der Waals surface area contributed by atoms with E-state index in [1.165, 1.54) is 11.3 Å². The molecule has 2 N–H and O–H groups in total. The van der Waals surface area contributed by atoms with Crippen molar-refractivity contribution in [1.29, 1.82) is 0 Å². The van der Waals surface area contributed by atoms with Gasteiger partial charge in [0.05, 0.1) is 34.7 Å². The summed E-state index contributed by atoms with van der Waals surface area (Å²) >= 11 is 0. The van der Waals surface area contributed by atoms with E-state index in [1.54, 1.807) is 0 Å². The molecule has 6 rings (SSSR count). The van der Waals surface area contributed by atoms with Gasteiger partial charge < -0.3 is 20.2 Å². The molecular weight excluding hydrogens is 398 g/mol. The lowest BCUT2D eigenvalue weighted by atomic mass is 10.2. The van der Waals surface area contributed by atoms with Crippen LogP contribution >= 0.6 is 0 Å². The van der Waals surface area contributed by atoms with Gasteiger partial charge in [-0.1, -0.05) is 17.7 Å². The normalized spacial score (nSPS) is 28.1. The number of benzene rings is 1. The minimum absolute atomic E-state index is 0.0771. The zero-order chi connectivity index (χ0) is 20.5. The van der Waals surface area contributed by atoms with E-state index in [9.17, 15) is 9.32 Å². The number of aromatic nitrogens is 2. The zero-order valence-electron chi connectivity index (χ0n) is 17.2. The molecule has 1 aliphatic carbocycles. The summed E-state index contributed by atoms with van der Waals surface area (Å²) in [5, 5.41) is 13.2. The fourth-order valence-electron chi connectivity index (χ4n) is 5.09. The Kier molecular flexibility index (Phi) is 4.12. The highest BCUT2D eigenvalue weighted by Crippen LogP contribution is 2.42. The molecule has 2 saturated heterocycles. The molecule has 0 amide bonds. The van der Waals surface area contributed by atoms with Crippen LogP contribution < -0.4 is 15.1 Å². The predicted octanol–water partition coefficient (Wildman–Crippen LogP) is 1.85. The molecule has 1 saturated carbocycles. The first kappa shape index (κ1) is 18.6. The van der Waals surface area contributed by atoms with E-state index in [0.717, 1.165) is 55.3 Å². The first-order valence-electron chi connectivity index (χ1n) is 10.8. The molecule has 8 heteroatoms. The SMILES string of the molecule is Cc1ccc(N2CC3CC2CN3c2nc3c(c(NC4(CO)CC4)n2)S(=O)CC3)cc1. The zero-order valence-corrected chi connectivity index (χ0v) is 18.0. The fourth-order valence-corrected chi connectivity index (χ4v) is 6.39. The molecule has 4 heterocycles. The van der Waals surface area contributed by atoms with E-state index in [4.69, 9.17) is 9.97 Å². The van der Waals surface area contributed by atoms with Gasteiger partial charge >= 0.3 is 0 Å². The number of piperazine rings is 1. The molecule has 3 aliphatic heterocycles. The highest BCUT2D eigenvalue weighted by atomic mass is 32.2. The van der Waals surface area contributed by atoms with Crippen LogP contribution in [0.25, 0.3) is 0 Å². The molecule has 4 aliphatic rings. The number of aryl methyl sites for hydroxylation is 2. The number of anilines is 3. The number of hydrogen-bond donors (Lipinski definition) is 2. The van der Waals surface area contributed by atoms with Crippen molar-refractivity contribution >= 4 is 28.3 Å². The minimum Gasteiger partial charge on any atom is -0.394 e. The average Bonchev–Trinajstić information content (AvgIpc) is 3.07. The van der Waals surface area contributed by atoms with Crippen molar-refractivity contribution in [2.75, 3.05) is 40.6 Å². The van der Waals surface area contributed by atoms with Gasteiger partial charge in [-0.15, -0.1) is 0 Å². The van der Waals surface area contributed by atoms with Crippen LogP contribution in [0.2, 0.25) is 0 Å². The van der Waals surface area contributed by atoms with Gasteiger partial charge in [-0.25, -0.2) is 4.98 Å². The van der Waals surface area contributed by atoms with E-state index in [2.05, 4.69) is 46.3 Å². The van der Waals surface area contributed by atoms with Crippen LogP contribution in [-0.2, 0) is 17.2 Å². The monoisotopic (exact) mass is 425 g/mol. The third kappa shape index (κ3) is 2.92. The summed E-state index contributed by atoms with van der Waals surface area (Å²) in [6, 6.07) is 9.64. The summed E-state index contributed by atoms with van der Waals surface area (Å²) < 4.78 is 12.6. The summed E-state index contributed by atoms with van der Waals surface area (Å²) in [6.45, 7) is 4.08. The molecule has 1 aromatic heterocycles. The lowest BCUT2D eigenvalue weighted by Gasteiger charge is -2.36. The van der Waals surface area contributed by atoms with Crippen LogP contribution in [0.1, 0.15) is 30.5 Å². The second kappa shape index (κ2) is 6.65. The van der Waals surface area contributed by atoms with Gasteiger partial charge in [0.2, 0.25) is 5.95 Å². The summed E-state index contributed by atoms with van der Waals surface area (Å²) in [5.74, 6) is 2.04. The third-order valence-electron chi connectivity index (χ3n) is 7.08. The Balaban J connectivity index is 1.28. The standard InChI is InChI=1S/C22H27N5O2S/c1-14-2-4-15(5-3-14)26-11-17-10-16(26)12-27(17)21-23-18-6-9-30(29)19(18)20(24-21)25-22(13-28)7-8-22/h2-5,16-17,28H,6-13H2,1H3,(H,23,24,25). The van der Waals surface area contributed by atoms with Crippen molar-refractivity contribution in [2.24, 2.45) is 0 Å². The van der Waals surface area contributed by atoms with E-state index < -0.39 is 10.8 Å². The molecule has 3 fully saturated rings. The van der Waals surface area contributed by atoms with Crippen molar-refractivity contribution in [3.05, 3.63) is 35.5 Å². The van der Waals surface area contributed by atoms with Gasteiger partial charge in [0.1, 0.15) is 10.7 Å². The molecule has 3 unspecified atom stereocenters. The van der Waals surface area contributed by atoms with Crippen molar-refractivity contribution in [3.63, 3.8) is 0 Å². The predicted molar refractivity (Wildman–Crippen MR) is 118 cm³/mol. The second-order valence-electron chi connectivity index (χ2n) is 9.19. The largest absolute Gasteiger partial charge is 0.394 e.